The van der Waals surface area contributed by atoms with Crippen molar-refractivity contribution < 1.29 is 4.74 Å². The van der Waals surface area contributed by atoms with Crippen molar-refractivity contribution in [2.75, 3.05) is 13.2 Å². The zero-order valence-corrected chi connectivity index (χ0v) is 12.3. The van der Waals surface area contributed by atoms with Crippen molar-refractivity contribution in [3.8, 4) is 5.75 Å². The Kier molecular flexibility index (Phi) is 5.72. The monoisotopic (exact) mass is 297 g/mol. The lowest BCUT2D eigenvalue weighted by Gasteiger charge is -2.12. The number of hydrogen-bond acceptors (Lipinski definition) is 2. The Labute approximate surface area is 112 Å². The lowest BCUT2D eigenvalue weighted by molar-refractivity contribution is 0.345. The normalized spacial score (nSPS) is 10.6. The van der Waals surface area contributed by atoms with E-state index in [-0.39, 0.29) is 0 Å². The van der Waals surface area contributed by atoms with Crippen molar-refractivity contribution in [1.29, 1.82) is 0 Å². The smallest absolute Gasteiger partial charge is 0.133 e. The molecule has 0 saturated heterocycles. The van der Waals surface area contributed by atoms with Crippen LogP contribution < -0.4 is 10.1 Å². The van der Waals surface area contributed by atoms with E-state index in [1.54, 1.807) is 0 Å². The van der Waals surface area contributed by atoms with Gasteiger partial charge in [0.1, 0.15) is 12.4 Å². The Balaban J connectivity index is 2.42. The van der Waals surface area contributed by atoms with Crippen LogP contribution in [0.15, 0.2) is 34.8 Å². The number of hydrogen-bond donors (Lipinski definition) is 1. The van der Waals surface area contributed by atoms with Crippen molar-refractivity contribution in [3.63, 3.8) is 0 Å². The molecule has 0 aliphatic heterocycles. The second-order valence-corrected chi connectivity index (χ2v) is 5.36. The molecule has 0 amide bonds. The van der Waals surface area contributed by atoms with Gasteiger partial charge in [-0.2, -0.15) is 0 Å². The second kappa shape index (κ2) is 6.82. The van der Waals surface area contributed by atoms with Gasteiger partial charge in [-0.3, -0.25) is 0 Å². The first-order valence-corrected chi connectivity index (χ1v) is 6.57. The van der Waals surface area contributed by atoms with Crippen molar-refractivity contribution in [3.05, 3.63) is 40.4 Å². The standard InChI is InChI=1S/C14H20BrNO/c1-10(2)16-8-12(4)9-17-14-6-5-11(3)7-13(14)15/h5-7,10,16H,4,8-9H2,1-3H3. The van der Waals surface area contributed by atoms with Crippen LogP contribution in [0, 0.1) is 6.92 Å². The number of benzene rings is 1. The predicted molar refractivity (Wildman–Crippen MR) is 76.7 cm³/mol. The van der Waals surface area contributed by atoms with Gasteiger partial charge in [0.05, 0.1) is 4.47 Å². The maximum atomic E-state index is 5.70. The van der Waals surface area contributed by atoms with E-state index >= 15 is 0 Å². The SMILES string of the molecule is C=C(CNC(C)C)COc1ccc(C)cc1Br. The molecule has 0 heterocycles. The second-order valence-electron chi connectivity index (χ2n) is 4.51. The summed E-state index contributed by atoms with van der Waals surface area (Å²) in [5, 5.41) is 3.31. The van der Waals surface area contributed by atoms with Crippen molar-refractivity contribution >= 4 is 15.9 Å². The summed E-state index contributed by atoms with van der Waals surface area (Å²) in [6.45, 7) is 11.6. The molecule has 0 radical (unpaired) electrons. The molecule has 0 fully saturated rings. The third-order valence-electron chi connectivity index (χ3n) is 2.28. The molecule has 1 aromatic carbocycles. The third kappa shape index (κ3) is 5.37. The molecule has 1 N–H and O–H groups in total. The number of nitrogens with one attached hydrogen (secondary N) is 1. The zero-order chi connectivity index (χ0) is 12.8. The first kappa shape index (κ1) is 14.3. The molecule has 0 unspecified atom stereocenters. The van der Waals surface area contributed by atoms with E-state index in [1.165, 1.54) is 5.56 Å². The lowest BCUT2D eigenvalue weighted by Crippen LogP contribution is -2.26. The largest absolute Gasteiger partial charge is 0.488 e. The van der Waals surface area contributed by atoms with Crippen molar-refractivity contribution in [2.45, 2.75) is 26.8 Å². The summed E-state index contributed by atoms with van der Waals surface area (Å²) in [5.41, 5.74) is 2.26. The molecule has 1 rings (SSSR count). The number of rotatable bonds is 6. The van der Waals surface area contributed by atoms with Crippen LogP contribution in [0.3, 0.4) is 0 Å². The summed E-state index contributed by atoms with van der Waals surface area (Å²) in [7, 11) is 0. The van der Waals surface area contributed by atoms with Gasteiger partial charge in [-0.15, -0.1) is 0 Å². The van der Waals surface area contributed by atoms with Crippen LogP contribution in [0.25, 0.3) is 0 Å². The molecule has 94 valence electrons. The highest BCUT2D eigenvalue weighted by atomic mass is 79.9. The fraction of sp³-hybridized carbons (Fsp3) is 0.429. The Hall–Kier alpha value is -0.800. The molecule has 0 aliphatic carbocycles. The summed E-state index contributed by atoms with van der Waals surface area (Å²) in [4.78, 5) is 0. The Morgan fingerprint density at radius 3 is 2.76 bits per heavy atom. The van der Waals surface area contributed by atoms with Crippen LogP contribution in [-0.2, 0) is 0 Å². The van der Waals surface area contributed by atoms with Gasteiger partial charge in [0, 0.05) is 12.6 Å². The summed E-state index contributed by atoms with van der Waals surface area (Å²) >= 11 is 3.49. The molecule has 17 heavy (non-hydrogen) atoms. The molecule has 2 nitrogen and oxygen atoms in total. The molecular weight excluding hydrogens is 278 g/mol. The van der Waals surface area contributed by atoms with Crippen LogP contribution in [0.1, 0.15) is 19.4 Å². The van der Waals surface area contributed by atoms with Gasteiger partial charge in [-0.05, 0) is 46.1 Å². The lowest BCUT2D eigenvalue weighted by atomic mass is 10.2. The topological polar surface area (TPSA) is 21.3 Å². The van der Waals surface area contributed by atoms with Crippen LogP contribution in [0.2, 0.25) is 0 Å². The van der Waals surface area contributed by atoms with Crippen LogP contribution in [0.4, 0.5) is 0 Å². The number of halogens is 1. The van der Waals surface area contributed by atoms with Gasteiger partial charge >= 0.3 is 0 Å². The summed E-state index contributed by atoms with van der Waals surface area (Å²) in [6.07, 6.45) is 0. The first-order valence-electron chi connectivity index (χ1n) is 5.78. The summed E-state index contributed by atoms with van der Waals surface area (Å²) < 4.78 is 6.69. The van der Waals surface area contributed by atoms with Crippen LogP contribution >= 0.6 is 15.9 Å². The van der Waals surface area contributed by atoms with Gasteiger partial charge in [0.15, 0.2) is 0 Å². The molecule has 0 aromatic heterocycles. The van der Waals surface area contributed by atoms with E-state index in [4.69, 9.17) is 4.74 Å². The van der Waals surface area contributed by atoms with Crippen molar-refractivity contribution in [2.24, 2.45) is 0 Å². The maximum Gasteiger partial charge on any atom is 0.133 e. The van der Waals surface area contributed by atoms with Crippen LogP contribution in [-0.4, -0.2) is 19.2 Å². The highest BCUT2D eigenvalue weighted by molar-refractivity contribution is 9.10. The first-order chi connectivity index (χ1) is 7.99. The minimum Gasteiger partial charge on any atom is -0.488 e. The summed E-state index contributed by atoms with van der Waals surface area (Å²) in [5.74, 6) is 0.862. The highest BCUT2D eigenvalue weighted by Crippen LogP contribution is 2.25. The molecule has 0 bridgehead atoms. The minimum absolute atomic E-state index is 0.470. The van der Waals surface area contributed by atoms with E-state index < -0.39 is 0 Å². The quantitative estimate of drug-likeness (QED) is 0.809. The van der Waals surface area contributed by atoms with E-state index in [9.17, 15) is 0 Å². The van der Waals surface area contributed by atoms with E-state index in [1.807, 2.05) is 18.2 Å². The molecular formula is C14H20BrNO. The molecule has 0 aliphatic rings. The Bertz CT molecular complexity index is 388. The van der Waals surface area contributed by atoms with Crippen molar-refractivity contribution in [1.82, 2.24) is 5.32 Å². The van der Waals surface area contributed by atoms with Gasteiger partial charge in [-0.25, -0.2) is 0 Å². The third-order valence-corrected chi connectivity index (χ3v) is 2.90. The van der Waals surface area contributed by atoms with E-state index in [0.29, 0.717) is 12.6 Å². The van der Waals surface area contributed by atoms with Gasteiger partial charge in [-0.1, -0.05) is 26.5 Å². The Morgan fingerprint density at radius 2 is 2.18 bits per heavy atom. The molecule has 0 spiro atoms. The molecule has 0 saturated carbocycles. The van der Waals surface area contributed by atoms with E-state index in [0.717, 1.165) is 22.3 Å². The highest BCUT2D eigenvalue weighted by Gasteiger charge is 2.02. The van der Waals surface area contributed by atoms with Gasteiger partial charge < -0.3 is 10.1 Å². The molecule has 1 aromatic rings. The average Bonchev–Trinajstić information content (AvgIpc) is 2.25. The van der Waals surface area contributed by atoms with Gasteiger partial charge in [0.25, 0.3) is 0 Å². The van der Waals surface area contributed by atoms with E-state index in [2.05, 4.69) is 48.6 Å². The molecule has 0 atom stereocenters. The average molecular weight is 298 g/mol. The number of ether oxygens (including phenoxy) is 1. The Morgan fingerprint density at radius 1 is 1.47 bits per heavy atom. The van der Waals surface area contributed by atoms with Gasteiger partial charge in [0.2, 0.25) is 0 Å². The minimum atomic E-state index is 0.470. The summed E-state index contributed by atoms with van der Waals surface area (Å²) in [6, 6.07) is 6.53. The predicted octanol–water partition coefficient (Wildman–Crippen LogP) is 3.69. The molecule has 3 heteroatoms. The zero-order valence-electron chi connectivity index (χ0n) is 10.7. The van der Waals surface area contributed by atoms with Crippen LogP contribution in [0.5, 0.6) is 5.75 Å². The fourth-order valence-corrected chi connectivity index (χ4v) is 1.91. The fourth-order valence-electron chi connectivity index (χ4n) is 1.30. The maximum absolute atomic E-state index is 5.70. The number of aryl methyl sites for hydroxylation is 1.